The van der Waals surface area contributed by atoms with Crippen molar-refractivity contribution >= 4 is 17.8 Å². The van der Waals surface area contributed by atoms with Crippen LogP contribution in [-0.4, -0.2) is 36.6 Å². The van der Waals surface area contributed by atoms with Crippen LogP contribution in [0.4, 0.5) is 0 Å². The summed E-state index contributed by atoms with van der Waals surface area (Å²) in [5.41, 5.74) is 0. The summed E-state index contributed by atoms with van der Waals surface area (Å²) < 4.78 is 4.98. The number of methoxy groups -OCH3 is 1. The first-order valence-electron chi connectivity index (χ1n) is 7.70. The van der Waals surface area contributed by atoms with Crippen molar-refractivity contribution < 1.29 is 24.0 Å². The Bertz CT molecular complexity index is 340. The molecule has 0 radical (unpaired) electrons. The molecule has 0 saturated carbocycles. The lowest BCUT2D eigenvalue weighted by Gasteiger charge is -2.12. The van der Waals surface area contributed by atoms with Crippen LogP contribution in [0.1, 0.15) is 64.2 Å². The zero-order valence-electron chi connectivity index (χ0n) is 12.8. The predicted octanol–water partition coefficient (Wildman–Crippen LogP) is 2.36. The third-order valence-electron chi connectivity index (χ3n) is 3.43. The zero-order valence-corrected chi connectivity index (χ0v) is 12.8. The van der Waals surface area contributed by atoms with Gasteiger partial charge in [0.05, 0.1) is 0 Å². The summed E-state index contributed by atoms with van der Waals surface area (Å²) in [6.45, 7) is 0.819. The van der Waals surface area contributed by atoms with E-state index in [1.54, 1.807) is 7.11 Å². The van der Waals surface area contributed by atoms with E-state index in [0.29, 0.717) is 5.06 Å². The fourth-order valence-electron chi connectivity index (χ4n) is 2.20. The van der Waals surface area contributed by atoms with Gasteiger partial charge in [-0.25, -0.2) is 4.79 Å². The quantitative estimate of drug-likeness (QED) is 0.432. The molecule has 1 heterocycles. The molecule has 6 nitrogen and oxygen atoms in total. The van der Waals surface area contributed by atoms with Crippen LogP contribution >= 0.6 is 0 Å². The SMILES string of the molecule is COCCCCCCCCCC(=O)ON1C(=O)CCC1=O. The van der Waals surface area contributed by atoms with E-state index in [9.17, 15) is 14.4 Å². The Balaban J connectivity index is 1.96. The molecular formula is C15H25NO5. The van der Waals surface area contributed by atoms with E-state index in [0.717, 1.165) is 38.7 Å². The standard InChI is InChI=1S/C15H25NO5/c1-20-12-8-6-4-2-3-5-7-9-15(19)21-16-13(17)10-11-14(16)18/h2-12H2,1H3. The number of imide groups is 1. The van der Waals surface area contributed by atoms with E-state index in [1.165, 1.54) is 12.8 Å². The first kappa shape index (κ1) is 17.6. The van der Waals surface area contributed by atoms with Gasteiger partial charge in [-0.1, -0.05) is 32.1 Å². The number of rotatable bonds is 11. The molecule has 1 fully saturated rings. The fourth-order valence-corrected chi connectivity index (χ4v) is 2.20. The molecule has 1 saturated heterocycles. The minimum atomic E-state index is -0.501. The van der Waals surface area contributed by atoms with Gasteiger partial charge in [-0.2, -0.15) is 0 Å². The molecule has 0 aromatic heterocycles. The molecule has 1 rings (SSSR count). The summed E-state index contributed by atoms with van der Waals surface area (Å²) in [7, 11) is 1.71. The zero-order chi connectivity index (χ0) is 15.5. The second-order valence-corrected chi connectivity index (χ2v) is 5.26. The molecule has 21 heavy (non-hydrogen) atoms. The monoisotopic (exact) mass is 299 g/mol. The number of carbonyl (C=O) groups is 3. The average Bonchev–Trinajstić information content (AvgIpc) is 2.77. The van der Waals surface area contributed by atoms with Gasteiger partial charge in [-0.3, -0.25) is 9.59 Å². The summed E-state index contributed by atoms with van der Waals surface area (Å²) in [5.74, 6) is -1.35. The van der Waals surface area contributed by atoms with Crippen LogP contribution in [0.25, 0.3) is 0 Å². The highest BCUT2D eigenvalue weighted by Crippen LogP contribution is 2.14. The van der Waals surface area contributed by atoms with Crippen LogP contribution in [-0.2, 0) is 24.0 Å². The van der Waals surface area contributed by atoms with Crippen molar-refractivity contribution in [2.45, 2.75) is 64.2 Å². The van der Waals surface area contributed by atoms with Crippen LogP contribution in [0.3, 0.4) is 0 Å². The van der Waals surface area contributed by atoms with Gasteiger partial charge in [0.25, 0.3) is 11.8 Å². The smallest absolute Gasteiger partial charge is 0.333 e. The Morgan fingerprint density at radius 1 is 0.952 bits per heavy atom. The number of hydroxylamine groups is 2. The topological polar surface area (TPSA) is 72.9 Å². The van der Waals surface area contributed by atoms with Gasteiger partial charge in [0.1, 0.15) is 0 Å². The Morgan fingerprint density at radius 2 is 1.48 bits per heavy atom. The highest BCUT2D eigenvalue weighted by Gasteiger charge is 2.32. The van der Waals surface area contributed by atoms with Crippen molar-refractivity contribution in [3.8, 4) is 0 Å². The molecule has 6 heteroatoms. The summed E-state index contributed by atoms with van der Waals surface area (Å²) in [6, 6.07) is 0. The van der Waals surface area contributed by atoms with Gasteiger partial charge in [0.2, 0.25) is 0 Å². The molecule has 0 aromatic rings. The molecule has 0 N–H and O–H groups in total. The Labute approximate surface area is 125 Å². The Kier molecular flexibility index (Phi) is 8.66. The van der Waals surface area contributed by atoms with Gasteiger partial charge in [0, 0.05) is 33.0 Å². The summed E-state index contributed by atoms with van der Waals surface area (Å²) >= 11 is 0. The lowest BCUT2D eigenvalue weighted by molar-refractivity contribution is -0.197. The maximum absolute atomic E-state index is 11.5. The van der Waals surface area contributed by atoms with Gasteiger partial charge in [-0.15, -0.1) is 5.06 Å². The number of hydrogen-bond acceptors (Lipinski definition) is 5. The van der Waals surface area contributed by atoms with Crippen LogP contribution in [0.5, 0.6) is 0 Å². The van der Waals surface area contributed by atoms with Gasteiger partial charge in [0.15, 0.2) is 0 Å². The molecule has 0 aliphatic carbocycles. The number of ether oxygens (including phenoxy) is 1. The number of nitrogens with zero attached hydrogens (tertiary/aromatic N) is 1. The number of amides is 2. The van der Waals surface area contributed by atoms with E-state index in [2.05, 4.69) is 0 Å². The Morgan fingerprint density at radius 3 is 2.05 bits per heavy atom. The number of carbonyl (C=O) groups excluding carboxylic acids is 3. The fraction of sp³-hybridized carbons (Fsp3) is 0.800. The molecule has 120 valence electrons. The van der Waals surface area contributed by atoms with Crippen LogP contribution in [0.15, 0.2) is 0 Å². The van der Waals surface area contributed by atoms with Crippen molar-refractivity contribution in [1.29, 1.82) is 0 Å². The molecule has 0 bridgehead atoms. The molecule has 0 unspecified atom stereocenters. The average molecular weight is 299 g/mol. The number of unbranched alkanes of at least 4 members (excludes halogenated alkanes) is 6. The van der Waals surface area contributed by atoms with E-state index in [1.807, 2.05) is 0 Å². The van der Waals surface area contributed by atoms with Crippen molar-refractivity contribution in [2.75, 3.05) is 13.7 Å². The van der Waals surface area contributed by atoms with Crippen molar-refractivity contribution in [3.05, 3.63) is 0 Å². The lowest BCUT2D eigenvalue weighted by Crippen LogP contribution is -2.31. The molecule has 0 atom stereocenters. The largest absolute Gasteiger partial charge is 0.385 e. The summed E-state index contributed by atoms with van der Waals surface area (Å²) in [6.07, 6.45) is 7.91. The Hall–Kier alpha value is -1.43. The van der Waals surface area contributed by atoms with Crippen LogP contribution < -0.4 is 0 Å². The minimum Gasteiger partial charge on any atom is -0.385 e. The third kappa shape index (κ3) is 7.22. The molecule has 2 amide bonds. The number of hydrogen-bond donors (Lipinski definition) is 0. The first-order chi connectivity index (χ1) is 10.1. The lowest BCUT2D eigenvalue weighted by atomic mass is 10.1. The second-order valence-electron chi connectivity index (χ2n) is 5.26. The highest BCUT2D eigenvalue weighted by molar-refractivity contribution is 6.01. The maximum atomic E-state index is 11.5. The molecule has 1 aliphatic rings. The molecule has 1 aliphatic heterocycles. The van der Waals surface area contributed by atoms with Crippen LogP contribution in [0, 0.1) is 0 Å². The van der Waals surface area contributed by atoms with E-state index in [4.69, 9.17) is 9.57 Å². The summed E-state index contributed by atoms with van der Waals surface area (Å²) in [4.78, 5) is 38.8. The van der Waals surface area contributed by atoms with Gasteiger partial charge >= 0.3 is 5.97 Å². The normalized spacial score (nSPS) is 14.8. The maximum Gasteiger partial charge on any atom is 0.333 e. The highest BCUT2D eigenvalue weighted by atomic mass is 16.7. The van der Waals surface area contributed by atoms with E-state index < -0.39 is 17.8 Å². The summed E-state index contributed by atoms with van der Waals surface area (Å²) in [5, 5.41) is 0.609. The van der Waals surface area contributed by atoms with E-state index in [-0.39, 0.29) is 19.3 Å². The van der Waals surface area contributed by atoms with Crippen LogP contribution in [0.2, 0.25) is 0 Å². The van der Waals surface area contributed by atoms with Gasteiger partial charge < -0.3 is 9.57 Å². The third-order valence-corrected chi connectivity index (χ3v) is 3.43. The van der Waals surface area contributed by atoms with E-state index >= 15 is 0 Å². The molecule has 0 aromatic carbocycles. The van der Waals surface area contributed by atoms with Crippen molar-refractivity contribution in [2.24, 2.45) is 0 Å². The molecular weight excluding hydrogens is 274 g/mol. The minimum absolute atomic E-state index is 0.134. The van der Waals surface area contributed by atoms with Crippen molar-refractivity contribution in [1.82, 2.24) is 5.06 Å². The van der Waals surface area contributed by atoms with Crippen molar-refractivity contribution in [3.63, 3.8) is 0 Å². The first-order valence-corrected chi connectivity index (χ1v) is 7.70. The van der Waals surface area contributed by atoms with Gasteiger partial charge in [-0.05, 0) is 12.8 Å². The molecule has 0 spiro atoms. The second kappa shape index (κ2) is 10.3. The predicted molar refractivity (Wildman–Crippen MR) is 76.0 cm³/mol.